The van der Waals surface area contributed by atoms with Gasteiger partial charge in [-0.15, -0.1) is 11.8 Å². The maximum absolute atomic E-state index is 10.7. The topological polar surface area (TPSA) is 42.9 Å². The number of carbonyl (C=O) groups is 1. The highest BCUT2D eigenvalue weighted by Gasteiger charge is 2.00. The largest absolute Gasteiger partial charge is 0.300 e. The lowest BCUT2D eigenvalue weighted by atomic mass is 10.3. The molecule has 0 fully saturated rings. The fourth-order valence-electron chi connectivity index (χ4n) is 0.802. The minimum absolute atomic E-state index is 0.0910. The van der Waals surface area contributed by atoms with Crippen LogP contribution in [-0.2, 0) is 11.2 Å². The van der Waals surface area contributed by atoms with Gasteiger partial charge in [-0.3, -0.25) is 4.79 Å². The van der Waals surface area contributed by atoms with Gasteiger partial charge in [-0.1, -0.05) is 0 Å². The lowest BCUT2D eigenvalue weighted by molar-refractivity contribution is -0.116. The molecule has 1 aromatic heterocycles. The smallest absolute Gasteiger partial charge is 0.137 e. The van der Waals surface area contributed by atoms with Gasteiger partial charge in [-0.2, -0.15) is 0 Å². The summed E-state index contributed by atoms with van der Waals surface area (Å²) >= 11 is 1.55. The summed E-state index contributed by atoms with van der Waals surface area (Å²) < 4.78 is 0. The Labute approximate surface area is 75.6 Å². The van der Waals surface area contributed by atoms with Crippen molar-refractivity contribution in [3.63, 3.8) is 0 Å². The van der Waals surface area contributed by atoms with Crippen molar-refractivity contribution in [3.8, 4) is 0 Å². The summed E-state index contributed by atoms with van der Waals surface area (Å²) in [5, 5.41) is 0.904. The van der Waals surface area contributed by atoms with Crippen LogP contribution in [0.25, 0.3) is 0 Å². The fourth-order valence-corrected chi connectivity index (χ4v) is 1.20. The molecule has 1 aromatic rings. The quantitative estimate of drug-likeness (QED) is 0.522. The molecule has 1 heterocycles. The lowest BCUT2D eigenvalue weighted by Gasteiger charge is -1.97. The fraction of sp³-hybridized carbons (Fsp3) is 0.375. The molecule has 0 atom stereocenters. The van der Waals surface area contributed by atoms with Crippen molar-refractivity contribution >= 4 is 17.5 Å². The summed E-state index contributed by atoms with van der Waals surface area (Å²) in [4.78, 5) is 18.9. The number of aromatic nitrogens is 2. The summed E-state index contributed by atoms with van der Waals surface area (Å²) in [6.07, 6.45) is 3.95. The molecule has 12 heavy (non-hydrogen) atoms. The van der Waals surface area contributed by atoms with E-state index < -0.39 is 0 Å². The third kappa shape index (κ3) is 2.62. The predicted molar refractivity (Wildman–Crippen MR) is 48.2 cm³/mol. The Hall–Kier alpha value is -0.900. The van der Waals surface area contributed by atoms with Crippen molar-refractivity contribution in [2.24, 2.45) is 0 Å². The Morgan fingerprint density at radius 1 is 1.67 bits per heavy atom. The van der Waals surface area contributed by atoms with Gasteiger partial charge in [0.25, 0.3) is 0 Å². The highest BCUT2D eigenvalue weighted by atomic mass is 32.2. The van der Waals surface area contributed by atoms with Crippen LogP contribution in [0, 0.1) is 0 Å². The Morgan fingerprint density at radius 3 is 3.00 bits per heavy atom. The highest BCUT2D eigenvalue weighted by molar-refractivity contribution is 7.98. The molecule has 0 bridgehead atoms. The second-order valence-corrected chi connectivity index (χ2v) is 3.22. The Bertz CT molecular complexity index is 288. The molecule has 0 saturated heterocycles. The van der Waals surface area contributed by atoms with Crippen LogP contribution in [0.2, 0.25) is 0 Å². The summed E-state index contributed by atoms with van der Waals surface area (Å²) in [6.45, 7) is 1.54. The van der Waals surface area contributed by atoms with E-state index in [0.29, 0.717) is 12.2 Å². The zero-order valence-electron chi connectivity index (χ0n) is 7.07. The van der Waals surface area contributed by atoms with Crippen LogP contribution in [-0.4, -0.2) is 22.0 Å². The summed E-state index contributed by atoms with van der Waals surface area (Å²) in [5.41, 5.74) is 0. The van der Waals surface area contributed by atoms with Crippen molar-refractivity contribution in [1.29, 1.82) is 0 Å². The van der Waals surface area contributed by atoms with Crippen LogP contribution in [0.5, 0.6) is 0 Å². The number of thioether (sulfide) groups is 1. The SMILES string of the molecule is CSc1ccnc(CC(C)=O)n1. The van der Waals surface area contributed by atoms with Gasteiger partial charge in [-0.05, 0) is 19.2 Å². The molecule has 0 aliphatic rings. The van der Waals surface area contributed by atoms with E-state index in [9.17, 15) is 4.79 Å². The number of Topliss-reactive ketones (excluding diaryl/α,β-unsaturated/α-hetero) is 1. The van der Waals surface area contributed by atoms with Gasteiger partial charge in [-0.25, -0.2) is 9.97 Å². The molecular formula is C8H10N2OS. The Balaban J connectivity index is 2.79. The van der Waals surface area contributed by atoms with Crippen LogP contribution in [0.3, 0.4) is 0 Å². The molecule has 0 N–H and O–H groups in total. The molecular weight excluding hydrogens is 172 g/mol. The monoisotopic (exact) mass is 182 g/mol. The predicted octanol–water partition coefficient (Wildman–Crippen LogP) is 1.33. The molecule has 0 radical (unpaired) electrons. The first-order valence-corrected chi connectivity index (χ1v) is 4.80. The lowest BCUT2D eigenvalue weighted by Crippen LogP contribution is -2.02. The van der Waals surface area contributed by atoms with Crippen LogP contribution in [0.15, 0.2) is 17.3 Å². The van der Waals surface area contributed by atoms with Crippen LogP contribution in [0.1, 0.15) is 12.7 Å². The number of ketones is 1. The van der Waals surface area contributed by atoms with Crippen molar-refractivity contribution in [2.45, 2.75) is 18.4 Å². The molecule has 0 amide bonds. The molecule has 3 nitrogen and oxygen atoms in total. The van der Waals surface area contributed by atoms with Gasteiger partial charge in [0.15, 0.2) is 0 Å². The van der Waals surface area contributed by atoms with E-state index in [1.54, 1.807) is 18.0 Å². The Morgan fingerprint density at radius 2 is 2.42 bits per heavy atom. The first-order valence-electron chi connectivity index (χ1n) is 3.57. The molecule has 0 spiro atoms. The second kappa shape index (κ2) is 4.21. The van der Waals surface area contributed by atoms with Gasteiger partial charge >= 0.3 is 0 Å². The number of carbonyl (C=O) groups excluding carboxylic acids is 1. The molecule has 64 valence electrons. The Kier molecular flexibility index (Phi) is 3.22. The molecule has 4 heteroatoms. The highest BCUT2D eigenvalue weighted by Crippen LogP contribution is 2.09. The van der Waals surface area contributed by atoms with Crippen molar-refractivity contribution in [1.82, 2.24) is 9.97 Å². The third-order valence-electron chi connectivity index (χ3n) is 1.30. The summed E-state index contributed by atoms with van der Waals surface area (Å²) in [5.74, 6) is 0.697. The van der Waals surface area contributed by atoms with E-state index in [2.05, 4.69) is 9.97 Å². The number of rotatable bonds is 3. The van der Waals surface area contributed by atoms with Gasteiger partial charge < -0.3 is 0 Å². The van der Waals surface area contributed by atoms with Crippen LogP contribution in [0.4, 0.5) is 0 Å². The second-order valence-electron chi connectivity index (χ2n) is 2.39. The molecule has 0 unspecified atom stereocenters. The van der Waals surface area contributed by atoms with Crippen LogP contribution >= 0.6 is 11.8 Å². The maximum Gasteiger partial charge on any atom is 0.137 e. The van der Waals surface area contributed by atoms with Gasteiger partial charge in [0.05, 0.1) is 11.4 Å². The first kappa shape index (κ1) is 9.19. The van der Waals surface area contributed by atoms with E-state index in [-0.39, 0.29) is 5.78 Å². The number of hydrogen-bond donors (Lipinski definition) is 0. The van der Waals surface area contributed by atoms with Gasteiger partial charge in [0, 0.05) is 6.20 Å². The average Bonchev–Trinajstić information content (AvgIpc) is 2.03. The van der Waals surface area contributed by atoms with Crippen molar-refractivity contribution in [2.75, 3.05) is 6.26 Å². The molecule has 0 aliphatic heterocycles. The summed E-state index contributed by atoms with van der Waals surface area (Å²) in [7, 11) is 0. The minimum atomic E-state index is 0.0910. The first-order chi connectivity index (χ1) is 5.72. The summed E-state index contributed by atoms with van der Waals surface area (Å²) in [6, 6.07) is 1.83. The van der Waals surface area contributed by atoms with E-state index in [1.807, 2.05) is 12.3 Å². The third-order valence-corrected chi connectivity index (χ3v) is 1.94. The molecule has 0 saturated carbocycles. The maximum atomic E-state index is 10.7. The van der Waals surface area contributed by atoms with Gasteiger partial charge in [0.1, 0.15) is 11.6 Å². The van der Waals surface area contributed by atoms with Crippen molar-refractivity contribution < 1.29 is 4.79 Å². The average molecular weight is 182 g/mol. The molecule has 1 rings (SSSR count). The number of nitrogens with zero attached hydrogens (tertiary/aromatic N) is 2. The van der Waals surface area contributed by atoms with E-state index in [4.69, 9.17) is 0 Å². The zero-order chi connectivity index (χ0) is 8.97. The number of hydrogen-bond acceptors (Lipinski definition) is 4. The molecule has 0 aliphatic carbocycles. The van der Waals surface area contributed by atoms with E-state index in [0.717, 1.165) is 5.03 Å². The standard InChI is InChI=1S/C8H10N2OS/c1-6(11)5-7-9-4-3-8(10-7)12-2/h3-4H,5H2,1-2H3. The minimum Gasteiger partial charge on any atom is -0.300 e. The normalized spacial score (nSPS) is 9.83. The van der Waals surface area contributed by atoms with E-state index in [1.165, 1.54) is 6.92 Å². The van der Waals surface area contributed by atoms with Crippen LogP contribution < -0.4 is 0 Å². The van der Waals surface area contributed by atoms with Gasteiger partial charge in [0.2, 0.25) is 0 Å². The van der Waals surface area contributed by atoms with Crippen molar-refractivity contribution in [3.05, 3.63) is 18.1 Å². The van der Waals surface area contributed by atoms with E-state index >= 15 is 0 Å². The molecule has 0 aromatic carbocycles. The zero-order valence-corrected chi connectivity index (χ0v) is 7.89.